The number of carboxylic acids is 1. The van der Waals surface area contributed by atoms with Crippen LogP contribution in [0, 0.1) is 5.92 Å². The lowest BCUT2D eigenvalue weighted by molar-refractivity contribution is -0.142. The molecule has 3 rings (SSSR count). The normalized spacial score (nSPS) is 12.9. The largest absolute Gasteiger partial charge is 0.480 e. The van der Waals surface area contributed by atoms with Crippen LogP contribution in [0.2, 0.25) is 0 Å². The van der Waals surface area contributed by atoms with Crippen molar-refractivity contribution in [2.45, 2.75) is 18.9 Å². The molecule has 3 aromatic rings. The number of carboxylic acid groups (broad SMARTS) is 1. The summed E-state index contributed by atoms with van der Waals surface area (Å²) in [5, 5.41) is 19.1. The van der Waals surface area contributed by atoms with Crippen molar-refractivity contribution in [3.63, 3.8) is 0 Å². The van der Waals surface area contributed by atoms with Gasteiger partial charge >= 0.3 is 5.97 Å². The Morgan fingerprint density at radius 2 is 1.69 bits per heavy atom. The third kappa shape index (κ3) is 5.71. The minimum absolute atomic E-state index is 0.203. The molecule has 7 heteroatoms. The van der Waals surface area contributed by atoms with Gasteiger partial charge < -0.3 is 10.4 Å². The van der Waals surface area contributed by atoms with Crippen LogP contribution in [0.1, 0.15) is 11.1 Å². The van der Waals surface area contributed by atoms with Gasteiger partial charge in [0.15, 0.2) is 0 Å². The summed E-state index contributed by atoms with van der Waals surface area (Å²) in [6, 6.07) is 18.0. The van der Waals surface area contributed by atoms with Gasteiger partial charge in [-0.05, 0) is 29.2 Å². The SMILES string of the molecule is O=C(N[C@@H](Cc1ccc(-c2ccn[nH]2)cc1)C(=O)O)C(CS)Cc1ccccc1. The standard InChI is InChI=1S/C22H23N3O3S/c26-21(18(14-29)12-15-4-2-1-3-5-15)24-20(22(27)28)13-16-6-8-17(9-7-16)19-10-11-23-25-19/h1-11,18,20,29H,12-14H2,(H,23,25)(H,24,26)(H,27,28)/t18?,20-/m0/s1. The van der Waals surface area contributed by atoms with Gasteiger partial charge in [-0.1, -0.05) is 54.6 Å². The quantitative estimate of drug-likeness (QED) is 0.409. The predicted molar refractivity (Wildman–Crippen MR) is 115 cm³/mol. The van der Waals surface area contributed by atoms with Crippen molar-refractivity contribution in [1.29, 1.82) is 0 Å². The van der Waals surface area contributed by atoms with E-state index in [-0.39, 0.29) is 12.3 Å². The molecule has 0 saturated heterocycles. The third-order valence-electron chi connectivity index (χ3n) is 4.74. The maximum Gasteiger partial charge on any atom is 0.326 e. The van der Waals surface area contributed by atoms with E-state index in [9.17, 15) is 14.7 Å². The van der Waals surface area contributed by atoms with Gasteiger partial charge in [-0.2, -0.15) is 17.7 Å². The minimum Gasteiger partial charge on any atom is -0.480 e. The van der Waals surface area contributed by atoms with Gasteiger partial charge in [0.2, 0.25) is 5.91 Å². The summed E-state index contributed by atoms with van der Waals surface area (Å²) in [6.45, 7) is 0. The summed E-state index contributed by atoms with van der Waals surface area (Å²) >= 11 is 4.28. The molecule has 6 nitrogen and oxygen atoms in total. The topological polar surface area (TPSA) is 95.1 Å². The van der Waals surface area contributed by atoms with E-state index in [0.29, 0.717) is 12.2 Å². The van der Waals surface area contributed by atoms with Crippen molar-refractivity contribution in [2.75, 3.05) is 5.75 Å². The lowest BCUT2D eigenvalue weighted by Crippen LogP contribution is -2.45. The molecule has 1 aromatic heterocycles. The molecule has 0 fully saturated rings. The Morgan fingerprint density at radius 3 is 2.28 bits per heavy atom. The second-order valence-electron chi connectivity index (χ2n) is 6.84. The van der Waals surface area contributed by atoms with Crippen molar-refractivity contribution in [3.05, 3.63) is 78.0 Å². The second-order valence-corrected chi connectivity index (χ2v) is 7.21. The van der Waals surface area contributed by atoms with Crippen molar-refractivity contribution >= 4 is 24.5 Å². The summed E-state index contributed by atoms with van der Waals surface area (Å²) in [6.07, 6.45) is 2.39. The van der Waals surface area contributed by atoms with Crippen LogP contribution in [0.3, 0.4) is 0 Å². The summed E-state index contributed by atoms with van der Waals surface area (Å²) in [5.41, 5.74) is 3.69. The fourth-order valence-corrected chi connectivity index (χ4v) is 3.40. The highest BCUT2D eigenvalue weighted by molar-refractivity contribution is 7.80. The average Bonchev–Trinajstić information content (AvgIpc) is 3.27. The Balaban J connectivity index is 1.64. The first-order chi connectivity index (χ1) is 14.1. The number of nitrogens with zero attached hydrogens (tertiary/aromatic N) is 1. The van der Waals surface area contributed by atoms with E-state index < -0.39 is 17.9 Å². The number of carbonyl (C=O) groups is 2. The summed E-state index contributed by atoms with van der Waals surface area (Å²) in [7, 11) is 0. The summed E-state index contributed by atoms with van der Waals surface area (Å²) in [4.78, 5) is 24.4. The van der Waals surface area contributed by atoms with Crippen LogP contribution in [0.15, 0.2) is 66.9 Å². The average molecular weight is 410 g/mol. The van der Waals surface area contributed by atoms with E-state index in [1.54, 1.807) is 6.20 Å². The molecule has 1 unspecified atom stereocenters. The molecule has 2 atom stereocenters. The molecule has 1 heterocycles. The van der Waals surface area contributed by atoms with E-state index in [0.717, 1.165) is 22.4 Å². The molecule has 0 saturated carbocycles. The number of nitrogens with one attached hydrogen (secondary N) is 2. The zero-order valence-corrected chi connectivity index (χ0v) is 16.7. The summed E-state index contributed by atoms with van der Waals surface area (Å²) < 4.78 is 0. The number of thiol groups is 1. The monoisotopic (exact) mass is 409 g/mol. The predicted octanol–water partition coefficient (Wildman–Crippen LogP) is 2.98. The number of aromatic nitrogens is 2. The van der Waals surface area contributed by atoms with Crippen LogP contribution >= 0.6 is 12.6 Å². The van der Waals surface area contributed by atoms with E-state index >= 15 is 0 Å². The maximum absolute atomic E-state index is 12.7. The van der Waals surface area contributed by atoms with Gasteiger partial charge in [0.05, 0.1) is 11.6 Å². The van der Waals surface area contributed by atoms with Crippen LogP contribution < -0.4 is 5.32 Å². The third-order valence-corrected chi connectivity index (χ3v) is 5.18. The number of rotatable bonds is 9. The number of H-pyrrole nitrogens is 1. The Hall–Kier alpha value is -3.06. The number of carbonyl (C=O) groups excluding carboxylic acids is 1. The molecule has 2 aromatic carbocycles. The van der Waals surface area contributed by atoms with E-state index in [2.05, 4.69) is 28.1 Å². The number of amides is 1. The number of hydrogen-bond acceptors (Lipinski definition) is 4. The fourth-order valence-electron chi connectivity index (χ4n) is 3.10. The smallest absolute Gasteiger partial charge is 0.326 e. The van der Waals surface area contributed by atoms with Gasteiger partial charge in [-0.15, -0.1) is 0 Å². The molecular weight excluding hydrogens is 386 g/mol. The van der Waals surface area contributed by atoms with Crippen molar-refractivity contribution in [1.82, 2.24) is 15.5 Å². The summed E-state index contributed by atoms with van der Waals surface area (Å²) in [5.74, 6) is -1.42. The minimum atomic E-state index is -1.06. The lowest BCUT2D eigenvalue weighted by Gasteiger charge is -2.19. The first kappa shape index (κ1) is 20.7. The maximum atomic E-state index is 12.7. The Labute approximate surface area is 174 Å². The van der Waals surface area contributed by atoms with Crippen LogP contribution in [0.25, 0.3) is 11.3 Å². The van der Waals surface area contributed by atoms with Gasteiger partial charge in [0, 0.05) is 18.4 Å². The molecule has 29 heavy (non-hydrogen) atoms. The van der Waals surface area contributed by atoms with Gasteiger partial charge in [0.1, 0.15) is 6.04 Å². The molecule has 3 N–H and O–H groups in total. The highest BCUT2D eigenvalue weighted by Crippen LogP contribution is 2.18. The van der Waals surface area contributed by atoms with Crippen molar-refractivity contribution in [2.24, 2.45) is 5.92 Å². The van der Waals surface area contributed by atoms with Crippen molar-refractivity contribution < 1.29 is 14.7 Å². The molecular formula is C22H23N3O3S. The second kappa shape index (κ2) is 9.93. The Kier molecular flexibility index (Phi) is 7.08. The highest BCUT2D eigenvalue weighted by Gasteiger charge is 2.25. The number of aromatic amines is 1. The van der Waals surface area contributed by atoms with Gasteiger partial charge in [-0.3, -0.25) is 9.89 Å². The van der Waals surface area contributed by atoms with E-state index in [4.69, 9.17) is 0 Å². The van der Waals surface area contributed by atoms with Crippen molar-refractivity contribution in [3.8, 4) is 11.3 Å². The van der Waals surface area contributed by atoms with E-state index in [1.807, 2.05) is 60.7 Å². The van der Waals surface area contributed by atoms with Gasteiger partial charge in [-0.25, -0.2) is 4.79 Å². The number of benzene rings is 2. The van der Waals surface area contributed by atoms with Crippen LogP contribution in [-0.2, 0) is 22.4 Å². The first-order valence-electron chi connectivity index (χ1n) is 9.33. The molecule has 1 amide bonds. The molecule has 0 spiro atoms. The first-order valence-corrected chi connectivity index (χ1v) is 9.96. The fraction of sp³-hybridized carbons (Fsp3) is 0.227. The Bertz CT molecular complexity index is 928. The van der Waals surface area contributed by atoms with Gasteiger partial charge in [0.25, 0.3) is 0 Å². The van der Waals surface area contributed by atoms with Crippen LogP contribution in [-0.4, -0.2) is 39.0 Å². The zero-order valence-electron chi connectivity index (χ0n) is 15.8. The van der Waals surface area contributed by atoms with E-state index in [1.165, 1.54) is 0 Å². The molecule has 0 radical (unpaired) electrons. The molecule has 0 aliphatic heterocycles. The molecule has 0 bridgehead atoms. The highest BCUT2D eigenvalue weighted by atomic mass is 32.1. The molecule has 0 aliphatic carbocycles. The zero-order chi connectivity index (χ0) is 20.6. The molecule has 0 aliphatic rings. The lowest BCUT2D eigenvalue weighted by atomic mass is 9.98. The van der Waals surface area contributed by atoms with Crippen LogP contribution in [0.5, 0.6) is 0 Å². The van der Waals surface area contributed by atoms with Crippen LogP contribution in [0.4, 0.5) is 0 Å². The molecule has 150 valence electrons. The number of aliphatic carboxylic acids is 1. The number of hydrogen-bond donors (Lipinski definition) is 4. The Morgan fingerprint density at radius 1 is 1.00 bits per heavy atom.